The Morgan fingerprint density at radius 2 is 1.59 bits per heavy atom. The lowest BCUT2D eigenvalue weighted by molar-refractivity contribution is 0.107. The van der Waals surface area contributed by atoms with Gasteiger partial charge in [0.2, 0.25) is 16.8 Å². The molecule has 0 saturated carbocycles. The van der Waals surface area contributed by atoms with Crippen LogP contribution in [0.4, 0.5) is 0 Å². The predicted molar refractivity (Wildman–Crippen MR) is 61.2 cm³/mol. The summed E-state index contributed by atoms with van der Waals surface area (Å²) in [5.74, 6) is 0.816. The highest BCUT2D eigenvalue weighted by molar-refractivity contribution is 7.95. The summed E-state index contributed by atoms with van der Waals surface area (Å²) in [6.45, 7) is 0. The van der Waals surface area contributed by atoms with Crippen LogP contribution in [0, 0.1) is 0 Å². The number of rotatable bonds is 4. The van der Waals surface area contributed by atoms with Crippen molar-refractivity contribution in [3.05, 3.63) is 17.7 Å². The predicted octanol–water partition coefficient (Wildman–Crippen LogP) is 1.07. The van der Waals surface area contributed by atoms with Crippen LogP contribution in [0.15, 0.2) is 12.1 Å². The molecule has 0 fully saturated rings. The average Bonchev–Trinajstić information content (AvgIpc) is 2.35. The molecule has 1 aromatic rings. The van der Waals surface area contributed by atoms with Crippen molar-refractivity contribution in [2.24, 2.45) is 0 Å². The molecule has 94 valence electrons. The van der Waals surface area contributed by atoms with E-state index in [1.54, 1.807) is 0 Å². The van der Waals surface area contributed by atoms with E-state index in [1.807, 2.05) is 0 Å². The Labute approximate surface area is 101 Å². The van der Waals surface area contributed by atoms with Crippen molar-refractivity contribution in [1.29, 1.82) is 0 Å². The zero-order valence-corrected chi connectivity index (χ0v) is 10.4. The minimum absolute atomic E-state index is 0.0142. The molecule has 0 bridgehead atoms. The van der Waals surface area contributed by atoms with E-state index in [1.165, 1.54) is 33.5 Å². The summed E-state index contributed by atoms with van der Waals surface area (Å²) in [7, 11) is 4.20. The maximum atomic E-state index is 11.4. The molecular formula is C10H12O6S. The minimum atomic E-state index is -2.58. The van der Waals surface area contributed by atoms with Crippen LogP contribution in [0.2, 0.25) is 0 Å². The molecule has 0 aliphatic carbocycles. The Hall–Kier alpha value is -1.60. The molecule has 1 N–H and O–H groups in total. The van der Waals surface area contributed by atoms with Gasteiger partial charge in [0.05, 0.1) is 21.3 Å². The van der Waals surface area contributed by atoms with Crippen molar-refractivity contribution < 1.29 is 27.8 Å². The quantitative estimate of drug-likeness (QED) is 0.815. The summed E-state index contributed by atoms with van der Waals surface area (Å²) in [6.07, 6.45) is 0. The lowest BCUT2D eigenvalue weighted by atomic mass is 10.2. The van der Waals surface area contributed by atoms with E-state index in [9.17, 15) is 9.00 Å². The molecule has 7 heteroatoms. The standard InChI is InChI=1S/C10H12O6S/c1-14-7-4-6(10(11)17(12)13)5-8(15-2)9(7)16-3/h4-5H,1-3H3,(H,12,13). The van der Waals surface area contributed by atoms with Gasteiger partial charge >= 0.3 is 0 Å². The van der Waals surface area contributed by atoms with E-state index in [0.717, 1.165) is 0 Å². The summed E-state index contributed by atoms with van der Waals surface area (Å²) in [4.78, 5) is 11.4. The van der Waals surface area contributed by atoms with Gasteiger partial charge < -0.3 is 14.2 Å². The fraction of sp³-hybridized carbons (Fsp3) is 0.300. The normalized spacial score (nSPS) is 11.8. The molecule has 0 radical (unpaired) electrons. The Morgan fingerprint density at radius 1 is 1.12 bits per heavy atom. The molecule has 0 spiro atoms. The zero-order valence-electron chi connectivity index (χ0n) is 9.55. The highest BCUT2D eigenvalue weighted by Crippen LogP contribution is 2.38. The highest BCUT2D eigenvalue weighted by Gasteiger charge is 2.19. The van der Waals surface area contributed by atoms with Crippen LogP contribution in [0.1, 0.15) is 10.4 Å². The number of hydrogen-bond acceptors (Lipinski definition) is 5. The van der Waals surface area contributed by atoms with Crippen LogP contribution in [0.5, 0.6) is 17.2 Å². The van der Waals surface area contributed by atoms with Gasteiger partial charge in [-0.05, 0) is 12.1 Å². The minimum Gasteiger partial charge on any atom is -0.493 e. The molecule has 0 heterocycles. The van der Waals surface area contributed by atoms with Gasteiger partial charge in [0.15, 0.2) is 11.5 Å². The molecule has 0 aliphatic rings. The fourth-order valence-electron chi connectivity index (χ4n) is 1.30. The summed E-state index contributed by atoms with van der Waals surface area (Å²) in [6, 6.07) is 2.63. The smallest absolute Gasteiger partial charge is 0.276 e. The first kappa shape index (κ1) is 13.5. The number of hydrogen-bond donors (Lipinski definition) is 1. The first-order valence-electron chi connectivity index (χ1n) is 4.50. The lowest BCUT2D eigenvalue weighted by Crippen LogP contribution is -2.07. The van der Waals surface area contributed by atoms with Crippen LogP contribution < -0.4 is 14.2 Å². The maximum absolute atomic E-state index is 11.4. The summed E-state index contributed by atoms with van der Waals surface area (Å²) >= 11 is -2.58. The molecule has 6 nitrogen and oxygen atoms in total. The number of methoxy groups -OCH3 is 3. The molecule has 0 saturated heterocycles. The van der Waals surface area contributed by atoms with E-state index in [-0.39, 0.29) is 17.1 Å². The van der Waals surface area contributed by atoms with E-state index in [4.69, 9.17) is 18.8 Å². The number of carbonyl (C=O) groups is 1. The van der Waals surface area contributed by atoms with Crippen LogP contribution in [-0.4, -0.2) is 35.2 Å². The SMILES string of the molecule is COc1cc(C(=O)S(=O)O)cc(OC)c1OC. The van der Waals surface area contributed by atoms with E-state index in [0.29, 0.717) is 5.75 Å². The third-order valence-corrected chi connectivity index (χ3v) is 2.61. The van der Waals surface area contributed by atoms with Crippen molar-refractivity contribution >= 4 is 16.2 Å². The molecule has 1 atom stereocenters. The fourth-order valence-corrected chi connectivity index (χ4v) is 1.62. The van der Waals surface area contributed by atoms with Gasteiger partial charge in [-0.3, -0.25) is 9.35 Å². The van der Waals surface area contributed by atoms with Crippen LogP contribution in [0.3, 0.4) is 0 Å². The number of benzene rings is 1. The van der Waals surface area contributed by atoms with Crippen LogP contribution in [-0.2, 0) is 11.1 Å². The monoisotopic (exact) mass is 260 g/mol. The molecular weight excluding hydrogens is 248 g/mol. The molecule has 1 aromatic carbocycles. The number of ether oxygens (including phenoxy) is 3. The van der Waals surface area contributed by atoms with Gasteiger partial charge in [-0.25, -0.2) is 4.21 Å². The first-order valence-corrected chi connectivity index (χ1v) is 5.61. The highest BCUT2D eigenvalue weighted by atomic mass is 32.2. The first-order chi connectivity index (χ1) is 8.04. The molecule has 0 amide bonds. The van der Waals surface area contributed by atoms with Gasteiger partial charge in [0, 0.05) is 5.56 Å². The van der Waals surface area contributed by atoms with Gasteiger partial charge in [0.25, 0.3) is 5.12 Å². The maximum Gasteiger partial charge on any atom is 0.276 e. The van der Waals surface area contributed by atoms with Crippen molar-refractivity contribution in [3.8, 4) is 17.2 Å². The van der Waals surface area contributed by atoms with Gasteiger partial charge in [-0.15, -0.1) is 0 Å². The van der Waals surface area contributed by atoms with E-state index < -0.39 is 16.2 Å². The Morgan fingerprint density at radius 3 is 1.88 bits per heavy atom. The Bertz CT molecular complexity index is 431. The van der Waals surface area contributed by atoms with E-state index >= 15 is 0 Å². The summed E-state index contributed by atoms with van der Waals surface area (Å²) < 4.78 is 34.5. The molecule has 17 heavy (non-hydrogen) atoms. The molecule has 0 aliphatic heterocycles. The lowest BCUT2D eigenvalue weighted by Gasteiger charge is -2.12. The van der Waals surface area contributed by atoms with Crippen molar-refractivity contribution in [3.63, 3.8) is 0 Å². The second-order valence-electron chi connectivity index (χ2n) is 2.95. The van der Waals surface area contributed by atoms with Crippen molar-refractivity contribution in [2.75, 3.05) is 21.3 Å². The molecule has 1 rings (SSSR count). The van der Waals surface area contributed by atoms with Crippen molar-refractivity contribution in [1.82, 2.24) is 0 Å². The van der Waals surface area contributed by atoms with Crippen molar-refractivity contribution in [2.45, 2.75) is 0 Å². The van der Waals surface area contributed by atoms with Gasteiger partial charge in [-0.1, -0.05) is 0 Å². The van der Waals surface area contributed by atoms with Crippen LogP contribution >= 0.6 is 0 Å². The largest absolute Gasteiger partial charge is 0.493 e. The second kappa shape index (κ2) is 5.65. The van der Waals surface area contributed by atoms with E-state index in [2.05, 4.69) is 0 Å². The average molecular weight is 260 g/mol. The Kier molecular flexibility index (Phi) is 4.47. The second-order valence-corrected chi connectivity index (χ2v) is 3.82. The Balaban J connectivity index is 3.37. The zero-order chi connectivity index (χ0) is 13.0. The molecule has 1 unspecified atom stereocenters. The third-order valence-electron chi connectivity index (χ3n) is 2.06. The number of carbonyl (C=O) groups excluding carboxylic acids is 1. The third kappa shape index (κ3) is 2.75. The van der Waals surface area contributed by atoms with Gasteiger partial charge in [-0.2, -0.15) is 0 Å². The summed E-state index contributed by atoms with van der Waals surface area (Å²) in [5.41, 5.74) is 0.0142. The topological polar surface area (TPSA) is 82.1 Å². The van der Waals surface area contributed by atoms with Crippen LogP contribution in [0.25, 0.3) is 0 Å². The van der Waals surface area contributed by atoms with Gasteiger partial charge in [0.1, 0.15) is 0 Å². The molecule has 0 aromatic heterocycles. The summed E-state index contributed by atoms with van der Waals surface area (Å²) in [5, 5.41) is -0.927.